The molecule has 0 heterocycles. The zero-order valence-corrected chi connectivity index (χ0v) is 10.9. The highest BCUT2D eigenvalue weighted by atomic mass is 32.2. The van der Waals surface area contributed by atoms with Crippen molar-refractivity contribution < 1.29 is 25.9 Å². The first-order valence-corrected chi connectivity index (χ1v) is 7.76. The Kier molecular flexibility index (Phi) is 3.01. The quantitative estimate of drug-likeness (QED) is 0.554. The highest BCUT2D eigenvalue weighted by Gasteiger charge is 2.20. The number of nitrogens with two attached hydrogens (primary N) is 1. The minimum Gasteiger partial charge on any atom is -0.398 e. The number of fused-ring (bicyclic) bond motifs is 1. The third-order valence-corrected chi connectivity index (χ3v) is 4.27. The molecule has 0 atom stereocenters. The topological polar surface area (TPSA) is 135 Å². The van der Waals surface area contributed by atoms with E-state index in [1.165, 1.54) is 18.2 Å². The van der Waals surface area contributed by atoms with Crippen molar-refractivity contribution >= 4 is 36.7 Å². The molecule has 0 aromatic heterocycles. The minimum atomic E-state index is -4.66. The van der Waals surface area contributed by atoms with Crippen LogP contribution in [0.25, 0.3) is 10.8 Å². The normalized spacial score (nSPS) is 12.7. The SMILES string of the molecule is Nc1cccc2c(S(=O)(=O)O)cc(S(=O)(=O)O)cc12. The molecule has 2 aromatic carbocycles. The van der Waals surface area contributed by atoms with Crippen LogP contribution in [0.15, 0.2) is 40.1 Å². The van der Waals surface area contributed by atoms with Crippen molar-refractivity contribution in [2.24, 2.45) is 0 Å². The summed E-state index contributed by atoms with van der Waals surface area (Å²) in [7, 11) is -9.29. The zero-order chi connectivity index (χ0) is 14.4. The fraction of sp³-hybridized carbons (Fsp3) is 0. The molecule has 0 saturated heterocycles. The van der Waals surface area contributed by atoms with Gasteiger partial charge >= 0.3 is 0 Å². The largest absolute Gasteiger partial charge is 0.398 e. The van der Waals surface area contributed by atoms with Crippen molar-refractivity contribution in [2.45, 2.75) is 9.79 Å². The number of hydrogen-bond acceptors (Lipinski definition) is 5. The highest BCUT2D eigenvalue weighted by Crippen LogP contribution is 2.30. The van der Waals surface area contributed by atoms with Crippen LogP contribution in [-0.4, -0.2) is 25.9 Å². The van der Waals surface area contributed by atoms with Gasteiger partial charge in [0.15, 0.2) is 0 Å². The maximum atomic E-state index is 11.3. The number of hydrogen-bond donors (Lipinski definition) is 3. The summed E-state index contributed by atoms with van der Waals surface area (Å²) in [5, 5.41) is 0.167. The van der Waals surface area contributed by atoms with Crippen molar-refractivity contribution in [3.8, 4) is 0 Å². The summed E-state index contributed by atoms with van der Waals surface area (Å²) in [6, 6.07) is 5.97. The van der Waals surface area contributed by atoms with Crippen molar-refractivity contribution in [3.63, 3.8) is 0 Å². The standard InChI is InChI=1S/C10H9NO6S2/c11-9-3-1-2-7-8(9)4-6(18(12,13)14)5-10(7)19(15,16)17/h1-5H,11H2,(H,12,13,14)(H,15,16,17). The van der Waals surface area contributed by atoms with Gasteiger partial charge in [-0.15, -0.1) is 0 Å². The maximum absolute atomic E-state index is 11.3. The van der Waals surface area contributed by atoms with E-state index in [9.17, 15) is 16.8 Å². The number of rotatable bonds is 2. The third kappa shape index (κ3) is 2.54. The molecule has 2 aromatic rings. The lowest BCUT2D eigenvalue weighted by Crippen LogP contribution is -2.05. The van der Waals surface area contributed by atoms with Gasteiger partial charge in [-0.05, 0) is 18.2 Å². The zero-order valence-electron chi connectivity index (χ0n) is 9.31. The molecule has 0 bridgehead atoms. The van der Waals surface area contributed by atoms with E-state index in [0.717, 1.165) is 6.07 Å². The molecule has 0 amide bonds. The smallest absolute Gasteiger partial charge is 0.295 e. The Morgan fingerprint density at radius 1 is 0.895 bits per heavy atom. The molecule has 2 rings (SSSR count). The lowest BCUT2D eigenvalue weighted by molar-refractivity contribution is 0.482. The van der Waals surface area contributed by atoms with E-state index in [2.05, 4.69) is 0 Å². The van der Waals surface area contributed by atoms with Gasteiger partial charge in [-0.3, -0.25) is 9.11 Å². The van der Waals surface area contributed by atoms with Crippen molar-refractivity contribution in [1.29, 1.82) is 0 Å². The summed E-state index contributed by atoms with van der Waals surface area (Å²) in [6.07, 6.45) is 0. The van der Waals surface area contributed by atoms with E-state index in [0.29, 0.717) is 6.07 Å². The molecule has 0 aliphatic rings. The van der Waals surface area contributed by atoms with Crippen LogP contribution in [-0.2, 0) is 20.2 Å². The summed E-state index contributed by atoms with van der Waals surface area (Å²) in [4.78, 5) is -1.30. The molecular weight excluding hydrogens is 294 g/mol. The van der Waals surface area contributed by atoms with Crippen LogP contribution < -0.4 is 5.73 Å². The van der Waals surface area contributed by atoms with Crippen molar-refractivity contribution in [2.75, 3.05) is 5.73 Å². The molecule has 102 valence electrons. The molecular formula is C10H9NO6S2. The van der Waals surface area contributed by atoms with Gasteiger partial charge < -0.3 is 5.73 Å². The Labute approximate surface area is 109 Å². The molecule has 0 saturated carbocycles. The molecule has 4 N–H and O–H groups in total. The molecule has 0 aliphatic heterocycles. The number of benzene rings is 2. The third-order valence-electron chi connectivity index (χ3n) is 2.54. The summed E-state index contributed by atoms with van der Waals surface area (Å²) < 4.78 is 62.9. The van der Waals surface area contributed by atoms with Gasteiger partial charge in [-0.1, -0.05) is 12.1 Å². The molecule has 19 heavy (non-hydrogen) atoms. The molecule has 0 spiro atoms. The first-order valence-electron chi connectivity index (χ1n) is 4.88. The molecule has 7 nitrogen and oxygen atoms in total. The molecule has 0 radical (unpaired) electrons. The second kappa shape index (κ2) is 4.17. The van der Waals surface area contributed by atoms with Crippen LogP contribution in [0.2, 0.25) is 0 Å². The van der Waals surface area contributed by atoms with Crippen LogP contribution in [0.5, 0.6) is 0 Å². The van der Waals surface area contributed by atoms with Crippen molar-refractivity contribution in [1.82, 2.24) is 0 Å². The van der Waals surface area contributed by atoms with E-state index < -0.39 is 30.0 Å². The first-order chi connectivity index (χ1) is 8.60. The summed E-state index contributed by atoms with van der Waals surface area (Å²) in [5.74, 6) is 0. The van der Waals surface area contributed by atoms with E-state index in [1.807, 2.05) is 0 Å². The van der Waals surface area contributed by atoms with Crippen LogP contribution in [0, 0.1) is 0 Å². The molecule has 0 fully saturated rings. The van der Waals surface area contributed by atoms with Gasteiger partial charge in [-0.25, -0.2) is 0 Å². The highest BCUT2D eigenvalue weighted by molar-refractivity contribution is 7.86. The van der Waals surface area contributed by atoms with Gasteiger partial charge in [0.2, 0.25) is 0 Å². The second-order valence-corrected chi connectivity index (χ2v) is 6.63. The molecule has 0 unspecified atom stereocenters. The summed E-state index contributed by atoms with van der Waals surface area (Å²) in [5.41, 5.74) is 5.75. The maximum Gasteiger partial charge on any atom is 0.295 e. The van der Waals surface area contributed by atoms with Crippen LogP contribution in [0.1, 0.15) is 0 Å². The molecule has 0 aliphatic carbocycles. The van der Waals surface area contributed by atoms with Crippen LogP contribution in [0.3, 0.4) is 0 Å². The molecule has 9 heteroatoms. The van der Waals surface area contributed by atoms with Crippen LogP contribution in [0.4, 0.5) is 5.69 Å². The Morgan fingerprint density at radius 2 is 1.53 bits per heavy atom. The number of nitrogen functional groups attached to an aromatic ring is 1. The lowest BCUT2D eigenvalue weighted by atomic mass is 10.1. The summed E-state index contributed by atoms with van der Waals surface area (Å²) in [6.45, 7) is 0. The predicted octanol–water partition coefficient (Wildman–Crippen LogP) is 0.915. The van der Waals surface area contributed by atoms with Crippen LogP contribution >= 0.6 is 0 Å². The van der Waals surface area contributed by atoms with Gasteiger partial charge in [0.05, 0.1) is 4.90 Å². The van der Waals surface area contributed by atoms with Gasteiger partial charge in [0.1, 0.15) is 4.90 Å². The summed E-state index contributed by atoms with van der Waals surface area (Å²) >= 11 is 0. The fourth-order valence-corrected chi connectivity index (χ4v) is 3.05. The average Bonchev–Trinajstić information content (AvgIpc) is 2.25. The number of anilines is 1. The Morgan fingerprint density at radius 3 is 2.05 bits per heavy atom. The minimum absolute atomic E-state index is 0.0647. The Balaban J connectivity index is 3.06. The average molecular weight is 303 g/mol. The Hall–Kier alpha value is -1.68. The lowest BCUT2D eigenvalue weighted by Gasteiger charge is -2.08. The van der Waals surface area contributed by atoms with Gasteiger partial charge in [-0.2, -0.15) is 16.8 Å². The van der Waals surface area contributed by atoms with Crippen molar-refractivity contribution in [3.05, 3.63) is 30.3 Å². The predicted molar refractivity (Wildman–Crippen MR) is 68.0 cm³/mol. The van der Waals surface area contributed by atoms with E-state index in [1.54, 1.807) is 0 Å². The van der Waals surface area contributed by atoms with E-state index in [-0.39, 0.29) is 16.5 Å². The first kappa shape index (κ1) is 13.7. The monoisotopic (exact) mass is 303 g/mol. The van der Waals surface area contributed by atoms with Gasteiger partial charge in [0, 0.05) is 16.5 Å². The van der Waals surface area contributed by atoms with E-state index >= 15 is 0 Å². The fourth-order valence-electron chi connectivity index (χ4n) is 1.71. The van der Waals surface area contributed by atoms with E-state index in [4.69, 9.17) is 14.8 Å². The second-order valence-electron chi connectivity index (χ2n) is 3.81. The van der Waals surface area contributed by atoms with Gasteiger partial charge in [0.25, 0.3) is 20.2 Å². The Bertz CT molecular complexity index is 870.